The van der Waals surface area contributed by atoms with Gasteiger partial charge in [-0.25, -0.2) is 0 Å². The van der Waals surface area contributed by atoms with Crippen LogP contribution in [0.2, 0.25) is 0 Å². The van der Waals surface area contributed by atoms with E-state index in [9.17, 15) is 0 Å². The van der Waals surface area contributed by atoms with Gasteiger partial charge in [-0.3, -0.25) is 4.90 Å². The smallest absolute Gasteiger partial charge is 0.0593 e. The Morgan fingerprint density at radius 1 is 1.00 bits per heavy atom. The zero-order valence-corrected chi connectivity index (χ0v) is 12.7. The molecule has 1 atom stereocenters. The number of unbranched alkanes of at least 4 members (excludes halogenated alkanes) is 1. The second-order valence-corrected chi connectivity index (χ2v) is 5.62. The van der Waals surface area contributed by atoms with Crippen LogP contribution in [0.25, 0.3) is 0 Å². The van der Waals surface area contributed by atoms with Crippen molar-refractivity contribution in [3.8, 4) is 0 Å². The lowest BCUT2D eigenvalue weighted by Crippen LogP contribution is -2.48. The standard InChI is InChI=1S/C15H32N2O/c1-4-6-12-18-13-11-16-7-9-17(10-8-16)14-15(3)5-2/h15H,4-14H2,1-3H3. The highest BCUT2D eigenvalue weighted by atomic mass is 16.5. The predicted molar refractivity (Wildman–Crippen MR) is 78.1 cm³/mol. The van der Waals surface area contributed by atoms with Gasteiger partial charge in [-0.2, -0.15) is 0 Å². The summed E-state index contributed by atoms with van der Waals surface area (Å²) >= 11 is 0. The number of rotatable bonds is 9. The van der Waals surface area contributed by atoms with Crippen molar-refractivity contribution < 1.29 is 4.74 Å². The van der Waals surface area contributed by atoms with Gasteiger partial charge in [-0.1, -0.05) is 33.6 Å². The number of hydrogen-bond acceptors (Lipinski definition) is 3. The summed E-state index contributed by atoms with van der Waals surface area (Å²) in [5.41, 5.74) is 0. The van der Waals surface area contributed by atoms with Gasteiger partial charge in [0.05, 0.1) is 6.61 Å². The van der Waals surface area contributed by atoms with Crippen LogP contribution in [0.1, 0.15) is 40.0 Å². The van der Waals surface area contributed by atoms with E-state index in [0.29, 0.717) is 0 Å². The minimum Gasteiger partial charge on any atom is -0.380 e. The number of nitrogens with zero attached hydrogens (tertiary/aromatic N) is 2. The van der Waals surface area contributed by atoms with Gasteiger partial charge in [0.2, 0.25) is 0 Å². The third kappa shape index (κ3) is 6.72. The van der Waals surface area contributed by atoms with Crippen LogP contribution >= 0.6 is 0 Å². The Kier molecular flexibility index (Phi) is 8.64. The lowest BCUT2D eigenvalue weighted by Gasteiger charge is -2.35. The molecule has 1 heterocycles. The predicted octanol–water partition coefficient (Wildman–Crippen LogP) is 2.47. The lowest BCUT2D eigenvalue weighted by atomic mass is 10.1. The first kappa shape index (κ1) is 15.9. The zero-order valence-electron chi connectivity index (χ0n) is 12.7. The fourth-order valence-electron chi connectivity index (χ4n) is 2.31. The van der Waals surface area contributed by atoms with Crippen LogP contribution in [0.4, 0.5) is 0 Å². The summed E-state index contributed by atoms with van der Waals surface area (Å²) in [4.78, 5) is 5.15. The fourth-order valence-corrected chi connectivity index (χ4v) is 2.31. The van der Waals surface area contributed by atoms with Gasteiger partial charge in [0.15, 0.2) is 0 Å². The Hall–Kier alpha value is -0.120. The van der Waals surface area contributed by atoms with Crippen molar-refractivity contribution in [2.24, 2.45) is 5.92 Å². The summed E-state index contributed by atoms with van der Waals surface area (Å²) in [7, 11) is 0. The number of piperazine rings is 1. The van der Waals surface area contributed by atoms with E-state index in [0.717, 1.165) is 25.7 Å². The van der Waals surface area contributed by atoms with Crippen LogP contribution < -0.4 is 0 Å². The van der Waals surface area contributed by atoms with Crippen molar-refractivity contribution in [2.45, 2.75) is 40.0 Å². The minimum atomic E-state index is 0.842. The molecular formula is C15H32N2O. The summed E-state index contributed by atoms with van der Waals surface area (Å²) in [6, 6.07) is 0. The van der Waals surface area contributed by atoms with Crippen molar-refractivity contribution in [1.29, 1.82) is 0 Å². The van der Waals surface area contributed by atoms with Crippen molar-refractivity contribution in [3.05, 3.63) is 0 Å². The van der Waals surface area contributed by atoms with Gasteiger partial charge in [0, 0.05) is 45.9 Å². The van der Waals surface area contributed by atoms with Gasteiger partial charge >= 0.3 is 0 Å². The normalized spacial score (nSPS) is 20.2. The maximum atomic E-state index is 5.63. The van der Waals surface area contributed by atoms with Gasteiger partial charge < -0.3 is 9.64 Å². The largest absolute Gasteiger partial charge is 0.380 e. The molecule has 1 unspecified atom stereocenters. The van der Waals surface area contributed by atoms with E-state index >= 15 is 0 Å². The SMILES string of the molecule is CCCCOCCN1CCN(CC(C)CC)CC1. The van der Waals surface area contributed by atoms with E-state index in [1.54, 1.807) is 0 Å². The molecule has 18 heavy (non-hydrogen) atoms. The molecule has 1 saturated heterocycles. The Bertz CT molecular complexity index is 191. The quantitative estimate of drug-likeness (QED) is 0.589. The Morgan fingerprint density at radius 2 is 1.67 bits per heavy atom. The highest BCUT2D eigenvalue weighted by molar-refractivity contribution is 4.73. The average Bonchev–Trinajstić information content (AvgIpc) is 2.40. The summed E-state index contributed by atoms with van der Waals surface area (Å²) in [6.45, 7) is 16.0. The van der Waals surface area contributed by atoms with E-state index in [1.807, 2.05) is 0 Å². The van der Waals surface area contributed by atoms with Crippen LogP contribution in [0, 0.1) is 5.92 Å². The molecule has 108 valence electrons. The van der Waals surface area contributed by atoms with E-state index in [-0.39, 0.29) is 0 Å². The summed E-state index contributed by atoms with van der Waals surface area (Å²) in [6.07, 6.45) is 3.72. The molecule has 0 aromatic heterocycles. The van der Waals surface area contributed by atoms with Gasteiger partial charge in [0.25, 0.3) is 0 Å². The molecule has 0 aliphatic carbocycles. The van der Waals surface area contributed by atoms with Crippen molar-refractivity contribution in [1.82, 2.24) is 9.80 Å². The highest BCUT2D eigenvalue weighted by Gasteiger charge is 2.17. The van der Waals surface area contributed by atoms with E-state index in [4.69, 9.17) is 4.74 Å². The van der Waals surface area contributed by atoms with Crippen LogP contribution in [-0.4, -0.2) is 62.3 Å². The second-order valence-electron chi connectivity index (χ2n) is 5.62. The molecule has 0 saturated carbocycles. The highest BCUT2D eigenvalue weighted by Crippen LogP contribution is 2.07. The molecule has 0 N–H and O–H groups in total. The summed E-state index contributed by atoms with van der Waals surface area (Å²) in [5.74, 6) is 0.842. The van der Waals surface area contributed by atoms with Gasteiger partial charge in [0.1, 0.15) is 0 Å². The molecule has 1 aliphatic rings. The Labute approximate surface area is 113 Å². The van der Waals surface area contributed by atoms with Crippen molar-refractivity contribution >= 4 is 0 Å². The zero-order chi connectivity index (χ0) is 13.2. The number of ether oxygens (including phenoxy) is 1. The molecule has 3 heteroatoms. The van der Waals surface area contributed by atoms with Gasteiger partial charge in [-0.15, -0.1) is 0 Å². The molecule has 3 nitrogen and oxygen atoms in total. The van der Waals surface area contributed by atoms with Crippen molar-refractivity contribution in [2.75, 3.05) is 52.5 Å². The van der Waals surface area contributed by atoms with Crippen LogP contribution in [0.5, 0.6) is 0 Å². The van der Waals surface area contributed by atoms with E-state index < -0.39 is 0 Å². The first-order valence-corrected chi connectivity index (χ1v) is 7.78. The van der Waals surface area contributed by atoms with Crippen LogP contribution in [0.3, 0.4) is 0 Å². The summed E-state index contributed by atoms with van der Waals surface area (Å²) < 4.78 is 5.63. The average molecular weight is 256 g/mol. The monoisotopic (exact) mass is 256 g/mol. The molecule has 0 bridgehead atoms. The number of hydrogen-bond donors (Lipinski definition) is 0. The molecule has 0 amide bonds. The molecule has 0 aromatic rings. The Balaban J connectivity index is 2.01. The summed E-state index contributed by atoms with van der Waals surface area (Å²) in [5, 5.41) is 0. The molecule has 1 aliphatic heterocycles. The van der Waals surface area contributed by atoms with Gasteiger partial charge in [-0.05, 0) is 12.3 Å². The first-order valence-electron chi connectivity index (χ1n) is 7.78. The van der Waals surface area contributed by atoms with E-state index in [1.165, 1.54) is 52.0 Å². The molecular weight excluding hydrogens is 224 g/mol. The molecule has 0 spiro atoms. The van der Waals surface area contributed by atoms with Crippen LogP contribution in [0.15, 0.2) is 0 Å². The topological polar surface area (TPSA) is 15.7 Å². The van der Waals surface area contributed by atoms with E-state index in [2.05, 4.69) is 30.6 Å². The molecule has 0 aromatic carbocycles. The van der Waals surface area contributed by atoms with Crippen LogP contribution in [-0.2, 0) is 4.74 Å². The Morgan fingerprint density at radius 3 is 2.28 bits per heavy atom. The molecule has 1 fully saturated rings. The minimum absolute atomic E-state index is 0.842. The fraction of sp³-hybridized carbons (Fsp3) is 1.00. The molecule has 1 rings (SSSR count). The lowest BCUT2D eigenvalue weighted by molar-refractivity contribution is 0.0704. The van der Waals surface area contributed by atoms with Crippen molar-refractivity contribution in [3.63, 3.8) is 0 Å². The maximum Gasteiger partial charge on any atom is 0.0593 e. The third-order valence-corrected chi connectivity index (χ3v) is 3.93. The third-order valence-electron chi connectivity index (χ3n) is 3.93. The molecule has 0 radical (unpaired) electrons. The first-order chi connectivity index (χ1) is 8.76. The second kappa shape index (κ2) is 9.76. The maximum absolute atomic E-state index is 5.63.